The molecular weight excluding hydrogens is 522 g/mol. The van der Waals surface area contributed by atoms with Crippen molar-refractivity contribution in [2.24, 2.45) is 0 Å². The standard InChI is InChI=1S/C27H33N5O6S/c1-16(2)37-24-9-6-17(14-22(24)28)27-29-26(30-38-27)21-5-3-4-20-19(21)7-8-23(20)31-39(35,36)15-25(34)32-12-10-18(33)11-13-32/h3-6,9,14,16,18,23,31,33H,7-8,10-13,15,28H2,1-2H3/t23-/m0/s1. The van der Waals surface area contributed by atoms with Crippen molar-refractivity contribution in [1.29, 1.82) is 0 Å². The Bertz CT molecular complexity index is 1460. The molecule has 0 bridgehead atoms. The lowest BCUT2D eigenvalue weighted by atomic mass is 10.0. The lowest BCUT2D eigenvalue weighted by molar-refractivity contribution is -0.130. The number of hydrogen-bond donors (Lipinski definition) is 3. The Labute approximate surface area is 227 Å². The molecule has 1 aliphatic heterocycles. The number of carbonyl (C=O) groups excluding carboxylic acids is 1. The number of carbonyl (C=O) groups is 1. The number of benzene rings is 2. The van der Waals surface area contributed by atoms with Crippen LogP contribution in [-0.4, -0.2) is 65.5 Å². The van der Waals surface area contributed by atoms with Crippen LogP contribution in [0.2, 0.25) is 0 Å². The fourth-order valence-corrected chi connectivity index (χ4v) is 6.38. The topological polar surface area (TPSA) is 161 Å². The van der Waals surface area contributed by atoms with E-state index < -0.39 is 33.8 Å². The Morgan fingerprint density at radius 3 is 2.72 bits per heavy atom. The maximum absolute atomic E-state index is 12.9. The molecule has 2 aromatic carbocycles. The zero-order valence-electron chi connectivity index (χ0n) is 22.0. The van der Waals surface area contributed by atoms with Gasteiger partial charge in [-0.15, -0.1) is 0 Å². The number of nitrogens with one attached hydrogen (secondary N) is 1. The number of rotatable bonds is 8. The number of nitrogen functional groups attached to an aromatic ring is 1. The van der Waals surface area contributed by atoms with Gasteiger partial charge in [-0.2, -0.15) is 4.98 Å². The highest BCUT2D eigenvalue weighted by Gasteiger charge is 2.32. The van der Waals surface area contributed by atoms with E-state index in [0.29, 0.717) is 67.5 Å². The summed E-state index contributed by atoms with van der Waals surface area (Å²) in [4.78, 5) is 18.6. The summed E-state index contributed by atoms with van der Waals surface area (Å²) < 4.78 is 39.7. The third-order valence-electron chi connectivity index (χ3n) is 7.01. The second-order valence-corrected chi connectivity index (χ2v) is 12.0. The molecule has 39 heavy (non-hydrogen) atoms. The molecule has 0 saturated carbocycles. The molecule has 12 heteroatoms. The molecule has 1 aromatic heterocycles. The van der Waals surface area contributed by atoms with E-state index >= 15 is 0 Å². The van der Waals surface area contributed by atoms with Crippen molar-refractivity contribution in [3.8, 4) is 28.6 Å². The summed E-state index contributed by atoms with van der Waals surface area (Å²) >= 11 is 0. The Morgan fingerprint density at radius 1 is 1.23 bits per heavy atom. The molecule has 11 nitrogen and oxygen atoms in total. The van der Waals surface area contributed by atoms with Crippen molar-refractivity contribution < 1.29 is 27.6 Å². The normalized spacial score (nSPS) is 17.9. The summed E-state index contributed by atoms with van der Waals surface area (Å²) in [7, 11) is -3.87. The minimum atomic E-state index is -3.87. The summed E-state index contributed by atoms with van der Waals surface area (Å²) in [6, 6.07) is 10.4. The first kappa shape index (κ1) is 27.1. The number of aliphatic hydroxyl groups excluding tert-OH is 1. The number of nitrogens with two attached hydrogens (primary N) is 1. The Kier molecular flexibility index (Phi) is 7.61. The zero-order valence-corrected chi connectivity index (χ0v) is 22.8. The summed E-state index contributed by atoms with van der Waals surface area (Å²) in [5.74, 6) is 0.218. The fourth-order valence-electron chi connectivity index (χ4n) is 5.11. The number of anilines is 1. The van der Waals surface area contributed by atoms with Crippen LogP contribution < -0.4 is 15.2 Å². The molecule has 0 unspecified atom stereocenters. The Hall–Kier alpha value is -3.48. The number of nitrogens with zero attached hydrogens (tertiary/aromatic N) is 3. The number of piperidine rings is 1. The van der Waals surface area contributed by atoms with Crippen molar-refractivity contribution in [1.82, 2.24) is 19.8 Å². The number of fused-ring (bicyclic) bond motifs is 1. The smallest absolute Gasteiger partial charge is 0.258 e. The maximum Gasteiger partial charge on any atom is 0.258 e. The first-order chi connectivity index (χ1) is 18.6. The molecule has 0 spiro atoms. The molecule has 2 heterocycles. The molecule has 2 aliphatic rings. The van der Waals surface area contributed by atoms with Gasteiger partial charge in [0.1, 0.15) is 11.5 Å². The van der Waals surface area contributed by atoms with Gasteiger partial charge in [0.25, 0.3) is 5.89 Å². The van der Waals surface area contributed by atoms with Gasteiger partial charge in [-0.05, 0) is 68.9 Å². The number of amides is 1. The van der Waals surface area contributed by atoms with Crippen molar-refractivity contribution in [2.75, 3.05) is 24.6 Å². The molecule has 5 rings (SSSR count). The number of aliphatic hydroxyl groups is 1. The van der Waals surface area contributed by atoms with Gasteiger partial charge in [0.15, 0.2) is 0 Å². The molecule has 3 aromatic rings. The Morgan fingerprint density at radius 2 is 2.00 bits per heavy atom. The second-order valence-electron chi connectivity index (χ2n) is 10.3. The highest BCUT2D eigenvalue weighted by molar-refractivity contribution is 7.90. The average molecular weight is 556 g/mol. The summed E-state index contributed by atoms with van der Waals surface area (Å²) in [6.45, 7) is 4.57. The van der Waals surface area contributed by atoms with E-state index in [0.717, 1.165) is 16.7 Å². The maximum atomic E-state index is 12.9. The molecule has 1 saturated heterocycles. The second kappa shape index (κ2) is 10.9. The van der Waals surface area contributed by atoms with Gasteiger partial charge < -0.3 is 25.0 Å². The summed E-state index contributed by atoms with van der Waals surface area (Å²) in [5, 5.41) is 13.8. The van der Waals surface area contributed by atoms with Gasteiger partial charge in [-0.3, -0.25) is 4.79 Å². The highest BCUT2D eigenvalue weighted by Crippen LogP contribution is 2.38. The van der Waals surface area contributed by atoms with Gasteiger partial charge in [0.05, 0.1) is 17.9 Å². The number of likely N-dealkylation sites (tertiary alicyclic amines) is 1. The van der Waals surface area contributed by atoms with Gasteiger partial charge in [0, 0.05) is 30.3 Å². The van der Waals surface area contributed by atoms with Gasteiger partial charge >= 0.3 is 0 Å². The lowest BCUT2D eigenvalue weighted by Gasteiger charge is -2.29. The third-order valence-corrected chi connectivity index (χ3v) is 8.28. The van der Waals surface area contributed by atoms with Crippen LogP contribution in [0, 0.1) is 0 Å². The summed E-state index contributed by atoms with van der Waals surface area (Å²) in [5.41, 5.74) is 9.80. The number of ether oxygens (including phenoxy) is 1. The third kappa shape index (κ3) is 6.07. The first-order valence-electron chi connectivity index (χ1n) is 13.1. The quantitative estimate of drug-likeness (QED) is 0.355. The summed E-state index contributed by atoms with van der Waals surface area (Å²) in [6.07, 6.45) is 1.64. The minimum Gasteiger partial charge on any atom is -0.489 e. The van der Waals surface area contributed by atoms with Crippen LogP contribution in [0.3, 0.4) is 0 Å². The van der Waals surface area contributed by atoms with Crippen LogP contribution in [0.15, 0.2) is 40.9 Å². The van der Waals surface area contributed by atoms with E-state index in [-0.39, 0.29) is 6.10 Å². The molecule has 1 fully saturated rings. The van der Waals surface area contributed by atoms with E-state index in [2.05, 4.69) is 14.9 Å². The van der Waals surface area contributed by atoms with Crippen LogP contribution in [-0.2, 0) is 21.2 Å². The van der Waals surface area contributed by atoms with Crippen LogP contribution >= 0.6 is 0 Å². The van der Waals surface area contributed by atoms with Crippen molar-refractivity contribution in [3.05, 3.63) is 47.5 Å². The van der Waals surface area contributed by atoms with Crippen molar-refractivity contribution >= 4 is 21.6 Å². The highest BCUT2D eigenvalue weighted by atomic mass is 32.2. The number of sulfonamides is 1. The molecule has 0 radical (unpaired) electrons. The monoisotopic (exact) mass is 555 g/mol. The van der Waals surface area contributed by atoms with E-state index in [1.54, 1.807) is 18.2 Å². The SMILES string of the molecule is CC(C)Oc1ccc(-c2nc(-c3cccc4c3CC[C@@H]4NS(=O)(=O)CC(=O)N3CCC(O)CC3)no2)cc1N. The molecule has 4 N–H and O–H groups in total. The molecule has 1 aliphatic carbocycles. The van der Waals surface area contributed by atoms with Gasteiger partial charge in [-0.25, -0.2) is 13.1 Å². The van der Waals surface area contributed by atoms with E-state index in [1.165, 1.54) is 4.90 Å². The average Bonchev–Trinajstić information content (AvgIpc) is 3.53. The van der Waals surface area contributed by atoms with E-state index in [4.69, 9.17) is 15.0 Å². The van der Waals surface area contributed by atoms with Crippen LogP contribution in [0.4, 0.5) is 5.69 Å². The van der Waals surface area contributed by atoms with Gasteiger partial charge in [-0.1, -0.05) is 23.4 Å². The van der Waals surface area contributed by atoms with Crippen molar-refractivity contribution in [3.63, 3.8) is 0 Å². The first-order valence-corrected chi connectivity index (χ1v) is 14.7. The fraction of sp³-hybridized carbons (Fsp3) is 0.444. The minimum absolute atomic E-state index is 0.00761. The molecule has 1 amide bonds. The molecule has 1 atom stereocenters. The predicted octanol–water partition coefficient (Wildman–Crippen LogP) is 2.66. The van der Waals surface area contributed by atoms with Crippen LogP contribution in [0.25, 0.3) is 22.8 Å². The largest absolute Gasteiger partial charge is 0.489 e. The zero-order chi connectivity index (χ0) is 27.7. The van der Waals surface area contributed by atoms with Gasteiger partial charge in [0.2, 0.25) is 21.8 Å². The Balaban J connectivity index is 1.30. The van der Waals surface area contributed by atoms with E-state index in [9.17, 15) is 18.3 Å². The predicted molar refractivity (Wildman–Crippen MR) is 145 cm³/mol. The van der Waals surface area contributed by atoms with Crippen LogP contribution in [0.1, 0.15) is 50.3 Å². The van der Waals surface area contributed by atoms with E-state index in [1.807, 2.05) is 32.0 Å². The van der Waals surface area contributed by atoms with Crippen LogP contribution in [0.5, 0.6) is 5.75 Å². The van der Waals surface area contributed by atoms with Crippen molar-refractivity contribution in [2.45, 2.75) is 57.8 Å². The number of hydrogen-bond acceptors (Lipinski definition) is 9. The molecular formula is C27H33N5O6S. The number of aromatic nitrogens is 2. The lowest BCUT2D eigenvalue weighted by Crippen LogP contribution is -2.44. The molecule has 208 valence electrons.